The molecule has 4 aromatic heterocycles. The first kappa shape index (κ1) is 24.7. The van der Waals surface area contributed by atoms with Gasteiger partial charge in [-0.05, 0) is 80.4 Å². The van der Waals surface area contributed by atoms with Crippen LogP contribution in [0.1, 0.15) is 42.3 Å². The summed E-state index contributed by atoms with van der Waals surface area (Å²) in [5.74, 6) is 0.953. The van der Waals surface area contributed by atoms with E-state index in [0.717, 1.165) is 11.3 Å². The van der Waals surface area contributed by atoms with Gasteiger partial charge in [0.2, 0.25) is 0 Å². The van der Waals surface area contributed by atoms with Crippen LogP contribution in [0.3, 0.4) is 0 Å². The Morgan fingerprint density at radius 1 is 1.06 bits per heavy atom. The summed E-state index contributed by atoms with van der Waals surface area (Å²) in [6.45, 7) is 9.13. The van der Waals surface area contributed by atoms with Crippen molar-refractivity contribution in [2.45, 2.75) is 46.8 Å². The molecule has 0 aliphatic heterocycles. The minimum absolute atomic E-state index is 0.144. The Morgan fingerprint density at radius 3 is 2.54 bits per heavy atom. The van der Waals surface area contributed by atoms with Crippen molar-refractivity contribution in [1.82, 2.24) is 24.5 Å². The van der Waals surface area contributed by atoms with Gasteiger partial charge >= 0.3 is 0 Å². The fourth-order valence-electron chi connectivity index (χ4n) is 3.61. The highest BCUT2D eigenvalue weighted by molar-refractivity contribution is 9.10. The summed E-state index contributed by atoms with van der Waals surface area (Å²) < 4.78 is 7.78. The summed E-state index contributed by atoms with van der Waals surface area (Å²) in [6.07, 6.45) is 3.39. The lowest BCUT2D eigenvalue weighted by atomic mass is 10.0. The van der Waals surface area contributed by atoms with Crippen molar-refractivity contribution in [3.63, 3.8) is 0 Å². The maximum atomic E-state index is 13.4. The molecule has 0 fully saturated rings. The van der Waals surface area contributed by atoms with Crippen molar-refractivity contribution < 1.29 is 9.84 Å². The molecule has 0 amide bonds. The van der Waals surface area contributed by atoms with Crippen molar-refractivity contribution in [3.05, 3.63) is 92.1 Å². The topological polar surface area (TPSA) is 103 Å². The molecule has 8 nitrogen and oxygen atoms in total. The fourth-order valence-corrected chi connectivity index (χ4v) is 4.02. The molecule has 0 aliphatic carbocycles. The van der Waals surface area contributed by atoms with Crippen LogP contribution in [0.15, 0.2) is 58.1 Å². The monoisotopic (exact) mass is 535 g/mol. The van der Waals surface area contributed by atoms with Crippen molar-refractivity contribution in [3.8, 4) is 22.8 Å². The number of rotatable bonds is 6. The Kier molecular flexibility index (Phi) is 6.82. The van der Waals surface area contributed by atoms with Gasteiger partial charge in [-0.3, -0.25) is 14.3 Å². The van der Waals surface area contributed by atoms with Crippen LogP contribution in [0.5, 0.6) is 5.75 Å². The molecule has 0 aliphatic rings. The predicted octanol–water partition coefficient (Wildman–Crippen LogP) is 4.58. The summed E-state index contributed by atoms with van der Waals surface area (Å²) in [7, 11) is 0. The Balaban J connectivity index is 1.72. The van der Waals surface area contributed by atoms with Crippen LogP contribution < -0.4 is 10.3 Å². The van der Waals surface area contributed by atoms with Crippen LogP contribution in [0, 0.1) is 20.8 Å². The molecule has 4 rings (SSSR count). The van der Waals surface area contributed by atoms with Crippen molar-refractivity contribution in [1.29, 1.82) is 0 Å². The van der Waals surface area contributed by atoms with Gasteiger partial charge in [-0.1, -0.05) is 6.07 Å². The van der Waals surface area contributed by atoms with E-state index in [0.29, 0.717) is 44.5 Å². The van der Waals surface area contributed by atoms with Gasteiger partial charge in [-0.15, -0.1) is 0 Å². The molecule has 0 saturated heterocycles. The van der Waals surface area contributed by atoms with E-state index in [2.05, 4.69) is 35.9 Å². The Morgan fingerprint density at radius 2 is 1.83 bits per heavy atom. The lowest BCUT2D eigenvalue weighted by molar-refractivity contribution is 0.0740. The Labute approximate surface area is 211 Å². The molecule has 0 bridgehead atoms. The highest BCUT2D eigenvalue weighted by Gasteiger charge is 2.20. The van der Waals surface area contributed by atoms with E-state index >= 15 is 0 Å². The third-order valence-corrected chi connectivity index (χ3v) is 6.19. The number of aromatic nitrogens is 5. The van der Waals surface area contributed by atoms with Gasteiger partial charge < -0.3 is 9.84 Å². The number of aliphatic hydroxyl groups is 1. The summed E-state index contributed by atoms with van der Waals surface area (Å²) in [5.41, 5.74) is 3.44. The normalized spacial score (nSPS) is 11.5. The Bertz CT molecular complexity index is 1460. The summed E-state index contributed by atoms with van der Waals surface area (Å²) >= 11 is 3.41. The third-order valence-electron chi connectivity index (χ3n) is 5.46. The Hall–Kier alpha value is -3.43. The van der Waals surface area contributed by atoms with Gasteiger partial charge in [-0.25, -0.2) is 15.0 Å². The lowest BCUT2D eigenvalue weighted by Gasteiger charge is -2.18. The molecule has 9 heteroatoms. The average Bonchev–Trinajstić information content (AvgIpc) is 2.81. The van der Waals surface area contributed by atoms with E-state index in [1.807, 2.05) is 45.0 Å². The van der Waals surface area contributed by atoms with Crippen LogP contribution in [-0.4, -0.2) is 29.6 Å². The number of pyridine rings is 3. The SMILES string of the molecule is Cc1ccnc(COc2cc(C)n(-c3cc(-c4cccc(C(C)(C)O)n4)ncc3C)c(=O)c2Br)n1. The lowest BCUT2D eigenvalue weighted by Crippen LogP contribution is -2.23. The van der Waals surface area contributed by atoms with Gasteiger partial charge in [0.25, 0.3) is 5.56 Å². The number of nitrogens with zero attached hydrogens (tertiary/aromatic N) is 5. The maximum Gasteiger partial charge on any atom is 0.273 e. The van der Waals surface area contributed by atoms with E-state index in [-0.39, 0.29) is 12.2 Å². The molecule has 0 unspecified atom stereocenters. The maximum absolute atomic E-state index is 13.4. The van der Waals surface area contributed by atoms with Gasteiger partial charge in [0.1, 0.15) is 22.4 Å². The molecule has 0 spiro atoms. The second-order valence-electron chi connectivity index (χ2n) is 8.83. The smallest absolute Gasteiger partial charge is 0.273 e. The van der Waals surface area contributed by atoms with Crippen molar-refractivity contribution >= 4 is 15.9 Å². The van der Waals surface area contributed by atoms with E-state index in [9.17, 15) is 9.90 Å². The summed E-state index contributed by atoms with van der Waals surface area (Å²) in [6, 6.07) is 10.9. The second kappa shape index (κ2) is 9.67. The van der Waals surface area contributed by atoms with E-state index in [1.165, 1.54) is 0 Å². The van der Waals surface area contributed by atoms with Crippen LogP contribution >= 0.6 is 15.9 Å². The first-order valence-electron chi connectivity index (χ1n) is 11.1. The molecule has 35 heavy (non-hydrogen) atoms. The number of halogens is 1. The average molecular weight is 536 g/mol. The summed E-state index contributed by atoms with van der Waals surface area (Å²) in [4.78, 5) is 31.0. The van der Waals surface area contributed by atoms with Crippen LogP contribution in [0.4, 0.5) is 0 Å². The first-order chi connectivity index (χ1) is 16.5. The number of hydrogen-bond acceptors (Lipinski definition) is 7. The van der Waals surface area contributed by atoms with Gasteiger partial charge in [0, 0.05) is 29.8 Å². The van der Waals surface area contributed by atoms with E-state index < -0.39 is 5.60 Å². The molecule has 0 saturated carbocycles. The van der Waals surface area contributed by atoms with Gasteiger partial charge in [0.15, 0.2) is 5.82 Å². The molecule has 4 aromatic rings. The molecule has 0 aromatic carbocycles. The number of ether oxygens (including phenoxy) is 1. The van der Waals surface area contributed by atoms with E-state index in [1.54, 1.807) is 42.9 Å². The minimum atomic E-state index is -1.08. The number of hydrogen-bond donors (Lipinski definition) is 1. The van der Waals surface area contributed by atoms with E-state index in [4.69, 9.17) is 4.74 Å². The van der Waals surface area contributed by atoms with Crippen LogP contribution in [0.25, 0.3) is 17.1 Å². The minimum Gasteiger partial charge on any atom is -0.484 e. The summed E-state index contributed by atoms with van der Waals surface area (Å²) in [5, 5.41) is 10.3. The fraction of sp³-hybridized carbons (Fsp3) is 0.269. The molecule has 0 radical (unpaired) electrons. The predicted molar refractivity (Wildman–Crippen MR) is 137 cm³/mol. The number of aryl methyl sites for hydroxylation is 3. The zero-order valence-corrected chi connectivity index (χ0v) is 21.8. The molecule has 1 N–H and O–H groups in total. The highest BCUT2D eigenvalue weighted by Crippen LogP contribution is 2.28. The molecular weight excluding hydrogens is 510 g/mol. The molecule has 0 atom stereocenters. The van der Waals surface area contributed by atoms with Crippen LogP contribution in [-0.2, 0) is 12.2 Å². The first-order valence-corrected chi connectivity index (χ1v) is 11.8. The largest absolute Gasteiger partial charge is 0.484 e. The molecular formula is C26H26BrN5O3. The van der Waals surface area contributed by atoms with Crippen molar-refractivity contribution in [2.24, 2.45) is 0 Å². The quantitative estimate of drug-likeness (QED) is 0.385. The third kappa shape index (κ3) is 5.31. The zero-order chi connectivity index (χ0) is 25.3. The van der Waals surface area contributed by atoms with Crippen molar-refractivity contribution in [2.75, 3.05) is 0 Å². The zero-order valence-electron chi connectivity index (χ0n) is 20.2. The molecule has 4 heterocycles. The molecule has 180 valence electrons. The second-order valence-corrected chi connectivity index (χ2v) is 9.62. The van der Waals surface area contributed by atoms with Gasteiger partial charge in [0.05, 0.1) is 22.8 Å². The van der Waals surface area contributed by atoms with Crippen LogP contribution in [0.2, 0.25) is 0 Å². The highest BCUT2D eigenvalue weighted by atomic mass is 79.9. The van der Waals surface area contributed by atoms with Gasteiger partial charge in [-0.2, -0.15) is 0 Å². The standard InChI is InChI=1S/C26H26BrN5O3/c1-15-13-29-19(18-7-6-8-22(31-18)26(4,5)34)12-20(15)32-17(3)11-21(24(27)25(32)33)35-14-23-28-10-9-16(2)30-23/h6-13,34H,14H2,1-5H3.